The third kappa shape index (κ3) is 3.23. The minimum absolute atomic E-state index is 0.298. The largest absolute Gasteiger partial charge is 0.376 e. The molecule has 0 aliphatic carbocycles. The first-order valence-electron chi connectivity index (χ1n) is 5.22. The molecule has 2 heterocycles. The molecule has 0 unspecified atom stereocenters. The van der Waals surface area contributed by atoms with Crippen LogP contribution in [0, 0.1) is 0 Å². The first-order valence-corrected chi connectivity index (χ1v) is 6.82. The summed E-state index contributed by atoms with van der Waals surface area (Å²) < 4.78 is 5.52. The van der Waals surface area contributed by atoms with Crippen molar-refractivity contribution in [2.24, 2.45) is 0 Å². The number of ether oxygens (including phenoxy) is 1. The van der Waals surface area contributed by atoms with Crippen LogP contribution in [0.15, 0.2) is 11.2 Å². The van der Waals surface area contributed by atoms with Crippen LogP contribution in [0.5, 0.6) is 0 Å². The first-order chi connectivity index (χ1) is 7.78. The van der Waals surface area contributed by atoms with Crippen LogP contribution in [0.25, 0.3) is 0 Å². The fourth-order valence-electron chi connectivity index (χ4n) is 1.60. The Kier molecular flexibility index (Phi) is 4.26. The SMILES string of the molecule is CSc1nc(Cl)cc(NC[C@@H]2CCCO2)n1. The number of anilines is 1. The molecule has 88 valence electrons. The third-order valence-electron chi connectivity index (χ3n) is 2.39. The summed E-state index contributed by atoms with van der Waals surface area (Å²) in [7, 11) is 0. The van der Waals surface area contributed by atoms with Gasteiger partial charge in [0.15, 0.2) is 5.16 Å². The van der Waals surface area contributed by atoms with Crippen LogP contribution in [-0.2, 0) is 4.74 Å². The highest BCUT2D eigenvalue weighted by Gasteiger charge is 2.15. The smallest absolute Gasteiger partial charge is 0.190 e. The quantitative estimate of drug-likeness (QED) is 0.511. The van der Waals surface area contributed by atoms with Gasteiger partial charge in [-0.2, -0.15) is 0 Å². The molecule has 2 rings (SSSR count). The van der Waals surface area contributed by atoms with Crippen LogP contribution < -0.4 is 5.32 Å². The number of halogens is 1. The minimum atomic E-state index is 0.298. The molecule has 1 aromatic rings. The molecule has 1 saturated heterocycles. The van der Waals surface area contributed by atoms with E-state index < -0.39 is 0 Å². The summed E-state index contributed by atoms with van der Waals surface area (Å²) in [6.45, 7) is 1.65. The Labute approximate surface area is 104 Å². The summed E-state index contributed by atoms with van der Waals surface area (Å²) in [5.74, 6) is 0.764. The number of hydrogen-bond donors (Lipinski definition) is 1. The van der Waals surface area contributed by atoms with Gasteiger partial charge in [-0.1, -0.05) is 23.4 Å². The Hall–Kier alpha value is -0.520. The fraction of sp³-hybridized carbons (Fsp3) is 0.600. The maximum Gasteiger partial charge on any atom is 0.190 e. The van der Waals surface area contributed by atoms with E-state index in [1.54, 1.807) is 6.07 Å². The van der Waals surface area contributed by atoms with E-state index in [2.05, 4.69) is 15.3 Å². The summed E-state index contributed by atoms with van der Waals surface area (Å²) in [4.78, 5) is 8.39. The average molecular weight is 260 g/mol. The summed E-state index contributed by atoms with van der Waals surface area (Å²) in [5, 5.41) is 4.38. The lowest BCUT2D eigenvalue weighted by atomic mass is 10.2. The lowest BCUT2D eigenvalue weighted by Crippen LogP contribution is -2.19. The molecule has 0 saturated carbocycles. The van der Waals surface area contributed by atoms with Crippen LogP contribution in [0.1, 0.15) is 12.8 Å². The van der Waals surface area contributed by atoms with E-state index >= 15 is 0 Å². The summed E-state index contributed by atoms with van der Waals surface area (Å²) in [6.07, 6.45) is 4.48. The van der Waals surface area contributed by atoms with Gasteiger partial charge in [0.25, 0.3) is 0 Å². The molecule has 0 radical (unpaired) electrons. The number of thioether (sulfide) groups is 1. The zero-order valence-corrected chi connectivity index (χ0v) is 10.6. The van der Waals surface area contributed by atoms with Gasteiger partial charge >= 0.3 is 0 Å². The third-order valence-corrected chi connectivity index (χ3v) is 3.13. The van der Waals surface area contributed by atoms with E-state index in [1.165, 1.54) is 11.8 Å². The molecule has 16 heavy (non-hydrogen) atoms. The van der Waals surface area contributed by atoms with Gasteiger partial charge in [0.2, 0.25) is 0 Å². The summed E-state index contributed by atoms with van der Waals surface area (Å²) >= 11 is 7.37. The van der Waals surface area contributed by atoms with Crippen LogP contribution in [0.3, 0.4) is 0 Å². The second-order valence-electron chi connectivity index (χ2n) is 3.58. The predicted octanol–water partition coefficient (Wildman–Crippen LogP) is 2.44. The maximum atomic E-state index is 5.89. The lowest BCUT2D eigenvalue weighted by molar-refractivity contribution is 0.120. The number of hydrogen-bond acceptors (Lipinski definition) is 5. The van der Waals surface area contributed by atoms with Crippen molar-refractivity contribution in [3.63, 3.8) is 0 Å². The standard InChI is InChI=1S/C10H14ClN3OS/c1-16-10-13-8(11)5-9(14-10)12-6-7-3-2-4-15-7/h5,7H,2-4,6H2,1H3,(H,12,13,14)/t7-/m0/s1. The molecule has 1 aliphatic heterocycles. The minimum Gasteiger partial charge on any atom is -0.376 e. The van der Waals surface area contributed by atoms with Crippen molar-refractivity contribution in [2.45, 2.75) is 24.1 Å². The molecule has 1 atom stereocenters. The second kappa shape index (κ2) is 5.70. The van der Waals surface area contributed by atoms with Crippen molar-refractivity contribution in [2.75, 3.05) is 24.7 Å². The molecule has 1 N–H and O–H groups in total. The molecule has 6 heteroatoms. The van der Waals surface area contributed by atoms with E-state index in [1.807, 2.05) is 6.26 Å². The molecular formula is C10H14ClN3OS. The van der Waals surface area contributed by atoms with Crippen molar-refractivity contribution in [3.05, 3.63) is 11.2 Å². The number of rotatable bonds is 4. The van der Waals surface area contributed by atoms with Gasteiger partial charge in [0, 0.05) is 19.2 Å². The predicted molar refractivity (Wildman–Crippen MR) is 66.3 cm³/mol. The van der Waals surface area contributed by atoms with E-state index in [0.717, 1.165) is 31.8 Å². The van der Waals surface area contributed by atoms with Crippen molar-refractivity contribution < 1.29 is 4.74 Å². The number of aromatic nitrogens is 2. The molecule has 1 aromatic heterocycles. The van der Waals surface area contributed by atoms with Crippen molar-refractivity contribution in [1.29, 1.82) is 0 Å². The molecule has 0 aromatic carbocycles. The zero-order chi connectivity index (χ0) is 11.4. The molecule has 4 nitrogen and oxygen atoms in total. The van der Waals surface area contributed by atoms with E-state index in [0.29, 0.717) is 16.4 Å². The van der Waals surface area contributed by atoms with Gasteiger partial charge in [0.05, 0.1) is 6.10 Å². The van der Waals surface area contributed by atoms with Crippen LogP contribution >= 0.6 is 23.4 Å². The fourth-order valence-corrected chi connectivity index (χ4v) is 2.22. The lowest BCUT2D eigenvalue weighted by Gasteiger charge is -2.11. The highest BCUT2D eigenvalue weighted by molar-refractivity contribution is 7.98. The summed E-state index contributed by atoms with van der Waals surface area (Å²) in [6, 6.07) is 1.73. The normalized spacial score (nSPS) is 20.0. The molecule has 0 spiro atoms. The van der Waals surface area contributed by atoms with Crippen molar-refractivity contribution >= 4 is 29.2 Å². The maximum absolute atomic E-state index is 5.89. The van der Waals surface area contributed by atoms with Gasteiger partial charge in [0.1, 0.15) is 11.0 Å². The first kappa shape index (κ1) is 12.0. The van der Waals surface area contributed by atoms with E-state index in [-0.39, 0.29) is 0 Å². The Balaban J connectivity index is 1.94. The van der Waals surface area contributed by atoms with Gasteiger partial charge in [-0.15, -0.1) is 0 Å². The Bertz CT molecular complexity index is 358. The highest BCUT2D eigenvalue weighted by atomic mass is 35.5. The van der Waals surface area contributed by atoms with Gasteiger partial charge in [-0.3, -0.25) is 0 Å². The second-order valence-corrected chi connectivity index (χ2v) is 4.74. The molecule has 1 aliphatic rings. The Morgan fingerprint density at radius 3 is 3.19 bits per heavy atom. The number of nitrogens with zero attached hydrogens (tertiary/aromatic N) is 2. The van der Waals surface area contributed by atoms with Crippen LogP contribution in [-0.4, -0.2) is 35.5 Å². The molecule has 0 amide bonds. The number of nitrogens with one attached hydrogen (secondary N) is 1. The highest BCUT2D eigenvalue weighted by Crippen LogP contribution is 2.18. The van der Waals surface area contributed by atoms with Crippen LogP contribution in [0.2, 0.25) is 5.15 Å². The molecular weight excluding hydrogens is 246 g/mol. The van der Waals surface area contributed by atoms with Gasteiger partial charge < -0.3 is 10.1 Å². The van der Waals surface area contributed by atoms with Crippen LogP contribution in [0.4, 0.5) is 5.82 Å². The topological polar surface area (TPSA) is 47.0 Å². The van der Waals surface area contributed by atoms with Crippen molar-refractivity contribution in [3.8, 4) is 0 Å². The Morgan fingerprint density at radius 2 is 2.50 bits per heavy atom. The van der Waals surface area contributed by atoms with Gasteiger partial charge in [-0.25, -0.2) is 9.97 Å². The molecule has 0 bridgehead atoms. The summed E-state index contributed by atoms with van der Waals surface area (Å²) in [5.41, 5.74) is 0. The Morgan fingerprint density at radius 1 is 1.62 bits per heavy atom. The van der Waals surface area contributed by atoms with Crippen molar-refractivity contribution in [1.82, 2.24) is 9.97 Å². The average Bonchev–Trinajstić information content (AvgIpc) is 2.78. The van der Waals surface area contributed by atoms with E-state index in [4.69, 9.17) is 16.3 Å². The zero-order valence-electron chi connectivity index (χ0n) is 9.07. The van der Waals surface area contributed by atoms with E-state index in [9.17, 15) is 0 Å². The monoisotopic (exact) mass is 259 g/mol. The van der Waals surface area contributed by atoms with Gasteiger partial charge in [-0.05, 0) is 19.1 Å². The molecule has 1 fully saturated rings.